The Morgan fingerprint density at radius 2 is 0.812 bits per heavy atom. The predicted molar refractivity (Wildman–Crippen MR) is 128 cm³/mol. The summed E-state index contributed by atoms with van der Waals surface area (Å²) in [4.78, 5) is 0. The average molecular weight is 425 g/mol. The van der Waals surface area contributed by atoms with Crippen LogP contribution in [-0.4, -0.2) is 10.2 Å². The summed E-state index contributed by atoms with van der Waals surface area (Å²) in [5.41, 5.74) is 3.98. The number of phenolic OH excluding ortho intramolecular Hbond substituents is 2. The van der Waals surface area contributed by atoms with Crippen molar-refractivity contribution >= 4 is 0 Å². The quantitative estimate of drug-likeness (QED) is 0.288. The second-order valence-corrected chi connectivity index (χ2v) is 7.80. The van der Waals surface area contributed by atoms with Crippen LogP contribution in [-0.2, 0) is 13.1 Å². The second kappa shape index (κ2) is 10.6. The summed E-state index contributed by atoms with van der Waals surface area (Å²) in [7, 11) is 0. The largest absolute Gasteiger partial charge is 0.508 e. The van der Waals surface area contributed by atoms with E-state index < -0.39 is 0 Å². The Labute approximate surface area is 189 Å². The first-order valence-electron chi connectivity index (χ1n) is 10.8. The molecule has 0 saturated carbocycles. The van der Waals surface area contributed by atoms with Gasteiger partial charge < -0.3 is 20.8 Å². The summed E-state index contributed by atoms with van der Waals surface area (Å²) in [5.74, 6) is 0.565. The molecule has 4 heteroatoms. The van der Waals surface area contributed by atoms with Crippen LogP contribution in [0.15, 0.2) is 109 Å². The number of hydrogen-bond donors (Lipinski definition) is 4. The molecule has 4 aromatic rings. The Bertz CT molecular complexity index is 1030. The van der Waals surface area contributed by atoms with E-state index in [1.54, 1.807) is 12.1 Å². The number of rotatable bonds is 9. The van der Waals surface area contributed by atoms with Gasteiger partial charge in [-0.2, -0.15) is 0 Å². The Balaban J connectivity index is 1.65. The number of para-hydroxylation sites is 2. The minimum atomic E-state index is -0.0657. The molecule has 2 atom stereocenters. The van der Waals surface area contributed by atoms with Crippen LogP contribution >= 0.6 is 0 Å². The first kappa shape index (κ1) is 21.6. The molecule has 4 rings (SSSR count). The molecule has 0 aromatic heterocycles. The summed E-state index contributed by atoms with van der Waals surface area (Å²) >= 11 is 0. The topological polar surface area (TPSA) is 64.5 Å². The minimum Gasteiger partial charge on any atom is -0.508 e. The molecule has 0 spiro atoms. The van der Waals surface area contributed by atoms with Crippen molar-refractivity contribution in [1.82, 2.24) is 10.6 Å². The first-order valence-corrected chi connectivity index (χ1v) is 10.8. The molecule has 162 valence electrons. The maximum Gasteiger partial charge on any atom is 0.120 e. The highest BCUT2D eigenvalue weighted by molar-refractivity contribution is 5.34. The summed E-state index contributed by atoms with van der Waals surface area (Å²) in [6.07, 6.45) is 0. The van der Waals surface area contributed by atoms with Gasteiger partial charge in [0.2, 0.25) is 0 Å². The Morgan fingerprint density at radius 1 is 0.469 bits per heavy atom. The zero-order chi connectivity index (χ0) is 22.2. The van der Waals surface area contributed by atoms with E-state index >= 15 is 0 Å². The van der Waals surface area contributed by atoms with Crippen molar-refractivity contribution in [2.45, 2.75) is 25.2 Å². The van der Waals surface area contributed by atoms with Crippen molar-refractivity contribution in [3.63, 3.8) is 0 Å². The minimum absolute atomic E-state index is 0.0657. The van der Waals surface area contributed by atoms with Crippen LogP contribution in [0.1, 0.15) is 34.3 Å². The van der Waals surface area contributed by atoms with E-state index in [0.29, 0.717) is 13.1 Å². The highest BCUT2D eigenvalue weighted by Gasteiger charge is 2.24. The van der Waals surface area contributed by atoms with E-state index in [9.17, 15) is 10.2 Å². The molecule has 0 aliphatic heterocycles. The van der Waals surface area contributed by atoms with Gasteiger partial charge in [-0.1, -0.05) is 97.1 Å². The van der Waals surface area contributed by atoms with E-state index in [4.69, 9.17) is 0 Å². The summed E-state index contributed by atoms with van der Waals surface area (Å²) in [6, 6.07) is 35.3. The number of aromatic hydroxyl groups is 2. The Morgan fingerprint density at radius 3 is 1.19 bits per heavy atom. The molecule has 4 N–H and O–H groups in total. The van der Waals surface area contributed by atoms with Crippen molar-refractivity contribution in [3.05, 3.63) is 131 Å². The van der Waals surface area contributed by atoms with Crippen LogP contribution in [0.4, 0.5) is 0 Å². The van der Waals surface area contributed by atoms with Gasteiger partial charge >= 0.3 is 0 Å². The molecule has 0 bridgehead atoms. The lowest BCUT2D eigenvalue weighted by Gasteiger charge is -2.30. The Hall–Kier alpha value is -3.60. The molecule has 4 nitrogen and oxygen atoms in total. The highest BCUT2D eigenvalue weighted by Crippen LogP contribution is 2.31. The van der Waals surface area contributed by atoms with Crippen molar-refractivity contribution in [2.75, 3.05) is 0 Å². The molecule has 2 unspecified atom stereocenters. The second-order valence-electron chi connectivity index (χ2n) is 7.80. The van der Waals surface area contributed by atoms with Gasteiger partial charge in [0, 0.05) is 24.2 Å². The van der Waals surface area contributed by atoms with E-state index in [1.807, 2.05) is 72.8 Å². The van der Waals surface area contributed by atoms with Gasteiger partial charge in [-0.15, -0.1) is 0 Å². The lowest BCUT2D eigenvalue weighted by molar-refractivity contribution is 0.373. The average Bonchev–Trinajstić information content (AvgIpc) is 2.84. The summed E-state index contributed by atoms with van der Waals surface area (Å²) in [5, 5.41) is 27.8. The lowest BCUT2D eigenvalue weighted by Crippen LogP contribution is -2.35. The van der Waals surface area contributed by atoms with Gasteiger partial charge in [0.25, 0.3) is 0 Å². The van der Waals surface area contributed by atoms with E-state index in [0.717, 1.165) is 22.3 Å². The van der Waals surface area contributed by atoms with E-state index in [1.165, 1.54) is 0 Å². The molecule has 4 aromatic carbocycles. The van der Waals surface area contributed by atoms with Gasteiger partial charge in [0.15, 0.2) is 0 Å². The monoisotopic (exact) mass is 424 g/mol. The van der Waals surface area contributed by atoms with Crippen LogP contribution < -0.4 is 10.6 Å². The first-order chi connectivity index (χ1) is 15.7. The number of nitrogens with one attached hydrogen (secondary N) is 2. The number of benzene rings is 4. The van der Waals surface area contributed by atoms with Crippen LogP contribution in [0.3, 0.4) is 0 Å². The predicted octanol–water partition coefficient (Wildman–Crippen LogP) is 5.46. The van der Waals surface area contributed by atoms with Gasteiger partial charge in [0.05, 0.1) is 12.1 Å². The number of phenols is 2. The molecular weight excluding hydrogens is 396 g/mol. The van der Waals surface area contributed by atoms with Crippen molar-refractivity contribution < 1.29 is 10.2 Å². The Kier molecular flexibility index (Phi) is 7.18. The zero-order valence-electron chi connectivity index (χ0n) is 17.9. The third kappa shape index (κ3) is 5.35. The zero-order valence-corrected chi connectivity index (χ0v) is 17.9. The summed E-state index contributed by atoms with van der Waals surface area (Å²) in [6.45, 7) is 1.04. The fourth-order valence-corrected chi connectivity index (χ4v) is 3.94. The molecule has 0 amide bonds. The maximum absolute atomic E-state index is 10.2. The SMILES string of the molecule is Oc1ccccc1CNC(c1ccccc1)C(NCc1ccccc1O)c1ccccc1. The fraction of sp³-hybridized carbons (Fsp3) is 0.143. The van der Waals surface area contributed by atoms with Crippen LogP contribution in [0.5, 0.6) is 11.5 Å². The van der Waals surface area contributed by atoms with Gasteiger partial charge in [-0.05, 0) is 23.3 Å². The van der Waals surface area contributed by atoms with E-state index in [-0.39, 0.29) is 23.6 Å². The number of hydrogen-bond acceptors (Lipinski definition) is 4. The van der Waals surface area contributed by atoms with Crippen LogP contribution in [0.2, 0.25) is 0 Å². The molecule has 32 heavy (non-hydrogen) atoms. The standard InChI is InChI=1S/C28H28N2O2/c31-25-17-9-7-15-23(25)19-29-27(21-11-3-1-4-12-21)28(22-13-5-2-6-14-22)30-20-24-16-8-10-18-26(24)32/h1-18,27-32H,19-20H2. The van der Waals surface area contributed by atoms with Gasteiger partial charge in [-0.3, -0.25) is 0 Å². The van der Waals surface area contributed by atoms with Crippen LogP contribution in [0, 0.1) is 0 Å². The molecule has 0 fully saturated rings. The van der Waals surface area contributed by atoms with Crippen LogP contribution in [0.25, 0.3) is 0 Å². The highest BCUT2D eigenvalue weighted by atomic mass is 16.3. The van der Waals surface area contributed by atoms with Crippen molar-refractivity contribution in [2.24, 2.45) is 0 Å². The third-order valence-corrected chi connectivity index (χ3v) is 5.66. The molecular formula is C28H28N2O2. The van der Waals surface area contributed by atoms with Gasteiger partial charge in [0.1, 0.15) is 11.5 Å². The smallest absolute Gasteiger partial charge is 0.120 e. The lowest BCUT2D eigenvalue weighted by atomic mass is 9.92. The van der Waals surface area contributed by atoms with Gasteiger partial charge in [-0.25, -0.2) is 0 Å². The fourth-order valence-electron chi connectivity index (χ4n) is 3.94. The normalized spacial score (nSPS) is 12.9. The maximum atomic E-state index is 10.2. The van der Waals surface area contributed by atoms with E-state index in [2.05, 4.69) is 34.9 Å². The molecule has 0 saturated heterocycles. The molecule has 0 radical (unpaired) electrons. The molecule has 0 aliphatic rings. The molecule has 0 heterocycles. The summed E-state index contributed by atoms with van der Waals surface area (Å²) < 4.78 is 0. The third-order valence-electron chi connectivity index (χ3n) is 5.66. The molecule has 0 aliphatic carbocycles. The van der Waals surface area contributed by atoms with Crippen molar-refractivity contribution in [1.29, 1.82) is 0 Å². The van der Waals surface area contributed by atoms with Crippen molar-refractivity contribution in [3.8, 4) is 11.5 Å².